The van der Waals surface area contributed by atoms with E-state index < -0.39 is 0 Å². The molecule has 2 nitrogen and oxygen atoms in total. The van der Waals surface area contributed by atoms with Gasteiger partial charge in [0, 0.05) is 11.3 Å². The highest BCUT2D eigenvalue weighted by molar-refractivity contribution is 6.12. The van der Waals surface area contributed by atoms with Crippen LogP contribution >= 0.6 is 0 Å². The van der Waals surface area contributed by atoms with E-state index in [-0.39, 0.29) is 0 Å². The Labute approximate surface area is 432 Å². The Kier molecular flexibility index (Phi) is 15.1. The smallest absolute Gasteiger partial charge is 0.155 e. The number of hydrogen-bond acceptors (Lipinski definition) is 1. The summed E-state index contributed by atoms with van der Waals surface area (Å²) in [7, 11) is 0. The van der Waals surface area contributed by atoms with Gasteiger partial charge < -0.3 is 0 Å². The fourth-order valence-electron chi connectivity index (χ4n) is 10.2. The predicted octanol–water partition coefficient (Wildman–Crippen LogP) is 19.1. The summed E-state index contributed by atoms with van der Waals surface area (Å²) in [5, 5.41) is 0. The molecule has 0 spiro atoms. The molecule has 2 aliphatic rings. The van der Waals surface area contributed by atoms with Crippen LogP contribution in [0.3, 0.4) is 0 Å². The van der Waals surface area contributed by atoms with Crippen LogP contribution in [-0.4, -0.2) is 11.5 Å². The fourth-order valence-corrected chi connectivity index (χ4v) is 10.2. The Morgan fingerprint density at radius 3 is 1.68 bits per heavy atom. The maximum atomic E-state index is 5.13. The first-order chi connectivity index (χ1) is 36.0. The highest BCUT2D eigenvalue weighted by atomic mass is 14.9. The van der Waals surface area contributed by atoms with Crippen molar-refractivity contribution in [1.29, 1.82) is 0 Å². The van der Waals surface area contributed by atoms with Crippen molar-refractivity contribution in [3.8, 4) is 55.6 Å². The molecule has 2 heteroatoms. The van der Waals surface area contributed by atoms with E-state index in [1.807, 2.05) is 36.4 Å². The quantitative estimate of drug-likeness (QED) is 0.0590. The second-order valence-electron chi connectivity index (χ2n) is 18.6. The van der Waals surface area contributed by atoms with Crippen LogP contribution in [0.25, 0.3) is 72.4 Å². The molecule has 0 aromatic heterocycles. The number of allylic oxidation sites excluding steroid dienone is 13. The molecule has 0 atom stereocenters. The van der Waals surface area contributed by atoms with Crippen LogP contribution in [0.15, 0.2) is 271 Å². The largest absolute Gasteiger partial charge is 0.261 e. The normalized spacial score (nSPS) is 13.9. The summed E-state index contributed by atoms with van der Waals surface area (Å²) >= 11 is 0. The summed E-state index contributed by atoms with van der Waals surface area (Å²) in [5.74, 6) is 0.721. The van der Waals surface area contributed by atoms with Crippen LogP contribution < -0.4 is 0 Å². The Hall–Kier alpha value is -8.72. The molecule has 0 bridgehead atoms. The first kappa shape index (κ1) is 47.9. The van der Waals surface area contributed by atoms with E-state index in [0.717, 1.165) is 92.9 Å². The van der Waals surface area contributed by atoms with E-state index in [0.29, 0.717) is 6.54 Å². The van der Waals surface area contributed by atoms with E-state index in [1.165, 1.54) is 50.1 Å². The molecule has 0 unspecified atom stereocenters. The molecule has 354 valence electrons. The van der Waals surface area contributed by atoms with Crippen LogP contribution in [0.4, 0.5) is 0 Å². The summed E-state index contributed by atoms with van der Waals surface area (Å²) in [6, 6.07) is 69.5. The van der Waals surface area contributed by atoms with Crippen LogP contribution in [-0.2, 0) is 6.54 Å². The van der Waals surface area contributed by atoms with Gasteiger partial charge >= 0.3 is 0 Å². The first-order valence-electron chi connectivity index (χ1n) is 25.6. The third kappa shape index (κ3) is 11.0. The molecule has 0 radical (unpaired) electrons. The summed E-state index contributed by atoms with van der Waals surface area (Å²) in [4.78, 5) is 10.2. The van der Waals surface area contributed by atoms with Crippen molar-refractivity contribution in [2.45, 2.75) is 46.1 Å². The van der Waals surface area contributed by atoms with Crippen molar-refractivity contribution >= 4 is 28.3 Å². The van der Waals surface area contributed by atoms with Gasteiger partial charge in [0.2, 0.25) is 0 Å². The zero-order chi connectivity index (χ0) is 49.8. The maximum Gasteiger partial charge on any atom is 0.155 e. The molecule has 0 heterocycles. The SMILES string of the molecule is C=C(/C=C\C=C/C)c1c(C2=CCCC=C2)c(-c2ccccc2)c(C2=CC=CCC2)c(-c2ccccc2)c1-c1cccc(-c2cccc(-c3cccc(CN=C(N=C(C)c4ccccc4)c4ccccc4)c3)c2)c1. The van der Waals surface area contributed by atoms with E-state index in [4.69, 9.17) is 16.6 Å². The number of hydrogen-bond donors (Lipinski definition) is 0. The van der Waals surface area contributed by atoms with Crippen LogP contribution in [0, 0.1) is 0 Å². The second-order valence-corrected chi connectivity index (χ2v) is 18.6. The van der Waals surface area contributed by atoms with Crippen LogP contribution in [0.5, 0.6) is 0 Å². The van der Waals surface area contributed by atoms with Crippen molar-refractivity contribution in [2.24, 2.45) is 9.98 Å². The van der Waals surface area contributed by atoms with Gasteiger partial charge in [0.15, 0.2) is 5.84 Å². The van der Waals surface area contributed by atoms with E-state index in [1.54, 1.807) is 0 Å². The zero-order valence-corrected chi connectivity index (χ0v) is 41.9. The van der Waals surface area contributed by atoms with Crippen molar-refractivity contribution in [3.63, 3.8) is 0 Å². The van der Waals surface area contributed by atoms with Crippen LogP contribution in [0.1, 0.15) is 72.9 Å². The maximum absolute atomic E-state index is 5.13. The lowest BCUT2D eigenvalue weighted by Crippen LogP contribution is -2.08. The van der Waals surface area contributed by atoms with Crippen molar-refractivity contribution in [1.82, 2.24) is 0 Å². The molecule has 73 heavy (non-hydrogen) atoms. The second kappa shape index (κ2) is 23.0. The summed E-state index contributed by atoms with van der Waals surface area (Å²) in [6.45, 7) is 9.54. The van der Waals surface area contributed by atoms with Crippen molar-refractivity contribution in [3.05, 3.63) is 295 Å². The monoisotopic (exact) mass is 940 g/mol. The standard InChI is InChI=1S/C71H60N2/c1-4-5-12-28-51(2)65-66(55-32-15-7-16-33-55)67(56-34-17-8-18-35-56)68(57-36-19-9-20-37-57)69(58-38-21-10-22-39-58)70(65)64-46-27-45-63(49-64)62-44-26-43-61(48-62)60-42-25-29-53(47-60)50-72-71(59-40-23-11-24-41-59)73-52(3)54-30-13-6-14-31-54/h4-6,8-15,17-19,21-36,38-49H,2,7,16,20,37,50H2,1,3H3/b5-4-,28-12-,72-71?,73-52?. The summed E-state index contributed by atoms with van der Waals surface area (Å²) < 4.78 is 0. The Balaban J connectivity index is 1.13. The van der Waals surface area contributed by atoms with E-state index >= 15 is 0 Å². The van der Waals surface area contributed by atoms with Gasteiger partial charge in [0.1, 0.15) is 0 Å². The van der Waals surface area contributed by atoms with Gasteiger partial charge in [-0.2, -0.15) is 0 Å². The third-order valence-electron chi connectivity index (χ3n) is 13.7. The molecule has 8 aromatic carbocycles. The molecule has 10 rings (SSSR count). The number of benzene rings is 8. The van der Waals surface area contributed by atoms with E-state index in [2.05, 4.69) is 232 Å². The molecule has 0 fully saturated rings. The van der Waals surface area contributed by atoms with Gasteiger partial charge in [-0.15, -0.1) is 0 Å². The number of aliphatic imine (C=N–C) groups is 2. The topological polar surface area (TPSA) is 24.7 Å². The molecule has 0 saturated heterocycles. The molecule has 0 aliphatic heterocycles. The average molecular weight is 941 g/mol. The van der Waals surface area contributed by atoms with Gasteiger partial charge in [-0.05, 0) is 158 Å². The Morgan fingerprint density at radius 2 is 1.08 bits per heavy atom. The number of rotatable bonds is 14. The molecule has 0 saturated carbocycles. The number of nitrogens with zero attached hydrogens (tertiary/aromatic N) is 2. The van der Waals surface area contributed by atoms with Gasteiger partial charge in [0.05, 0.1) is 6.54 Å². The Bertz CT molecular complexity index is 3520. The molecular formula is C71H60N2. The lowest BCUT2D eigenvalue weighted by Gasteiger charge is -2.30. The predicted molar refractivity (Wildman–Crippen MR) is 315 cm³/mol. The molecule has 8 aromatic rings. The molecular weight excluding hydrogens is 881 g/mol. The van der Waals surface area contributed by atoms with Gasteiger partial charge in [0.25, 0.3) is 0 Å². The molecule has 0 amide bonds. The minimum atomic E-state index is 0.500. The summed E-state index contributed by atoms with van der Waals surface area (Å²) in [6.07, 6.45) is 26.4. The lowest BCUT2D eigenvalue weighted by atomic mass is 9.72. The minimum absolute atomic E-state index is 0.500. The highest BCUT2D eigenvalue weighted by Gasteiger charge is 2.30. The zero-order valence-electron chi connectivity index (χ0n) is 41.9. The average Bonchev–Trinajstić information content (AvgIpc) is 3.47. The number of amidine groups is 1. The van der Waals surface area contributed by atoms with Crippen molar-refractivity contribution in [2.75, 3.05) is 0 Å². The summed E-state index contributed by atoms with van der Waals surface area (Å²) in [5.41, 5.74) is 23.1. The van der Waals surface area contributed by atoms with E-state index in [9.17, 15) is 0 Å². The van der Waals surface area contributed by atoms with Crippen molar-refractivity contribution < 1.29 is 0 Å². The van der Waals surface area contributed by atoms with Gasteiger partial charge in [-0.25, -0.2) is 4.99 Å². The lowest BCUT2D eigenvalue weighted by molar-refractivity contribution is 1.04. The van der Waals surface area contributed by atoms with Gasteiger partial charge in [-0.3, -0.25) is 4.99 Å². The fraction of sp³-hybridized carbons (Fsp3) is 0.0986. The highest BCUT2D eigenvalue weighted by Crippen LogP contribution is 2.53. The molecule has 0 N–H and O–H groups in total. The Morgan fingerprint density at radius 1 is 0.521 bits per heavy atom. The molecule has 2 aliphatic carbocycles. The van der Waals surface area contributed by atoms with Crippen LogP contribution in [0.2, 0.25) is 0 Å². The minimum Gasteiger partial charge on any atom is -0.261 e. The first-order valence-corrected chi connectivity index (χ1v) is 25.6. The van der Waals surface area contributed by atoms with Gasteiger partial charge in [-0.1, -0.05) is 243 Å². The third-order valence-corrected chi connectivity index (χ3v) is 13.7.